The fraction of sp³-hybridized carbons (Fsp3) is 0.625. The topological polar surface area (TPSA) is 12.5 Å². The second-order valence-corrected chi connectivity index (χ2v) is 6.21. The highest BCUT2D eigenvalue weighted by molar-refractivity contribution is 6.42. The van der Waals surface area contributed by atoms with Gasteiger partial charge < -0.3 is 9.64 Å². The molecule has 112 valence electrons. The van der Waals surface area contributed by atoms with Gasteiger partial charge in [-0.25, -0.2) is 0 Å². The average Bonchev–Trinajstić information content (AvgIpc) is 2.46. The van der Waals surface area contributed by atoms with Gasteiger partial charge in [0.05, 0.1) is 10.0 Å². The van der Waals surface area contributed by atoms with Crippen molar-refractivity contribution in [2.75, 3.05) is 13.1 Å². The first-order valence-electron chi connectivity index (χ1n) is 7.49. The van der Waals surface area contributed by atoms with E-state index in [1.165, 1.54) is 12.8 Å². The lowest BCUT2D eigenvalue weighted by atomic mass is 10.0. The molecule has 1 fully saturated rings. The van der Waals surface area contributed by atoms with Gasteiger partial charge in [0.2, 0.25) is 0 Å². The molecule has 2 nitrogen and oxygen atoms in total. The predicted molar refractivity (Wildman–Crippen MR) is 86.1 cm³/mol. The molecule has 2 rings (SSSR count). The Labute approximate surface area is 132 Å². The molecule has 20 heavy (non-hydrogen) atoms. The van der Waals surface area contributed by atoms with Crippen molar-refractivity contribution in [2.24, 2.45) is 0 Å². The third-order valence-corrected chi connectivity index (χ3v) is 4.87. The van der Waals surface area contributed by atoms with Gasteiger partial charge in [-0.2, -0.15) is 0 Å². The van der Waals surface area contributed by atoms with E-state index in [9.17, 15) is 0 Å². The third kappa shape index (κ3) is 4.03. The fourth-order valence-electron chi connectivity index (χ4n) is 2.91. The Morgan fingerprint density at radius 2 is 1.80 bits per heavy atom. The van der Waals surface area contributed by atoms with Gasteiger partial charge in [0.15, 0.2) is 0 Å². The summed E-state index contributed by atoms with van der Waals surface area (Å²) in [6.07, 6.45) is 4.91. The molecule has 0 atom stereocenters. The first-order chi connectivity index (χ1) is 9.63. The van der Waals surface area contributed by atoms with Crippen LogP contribution in [0.25, 0.3) is 0 Å². The van der Waals surface area contributed by atoms with Gasteiger partial charge in [-0.05, 0) is 37.8 Å². The van der Waals surface area contributed by atoms with Crippen LogP contribution < -0.4 is 4.74 Å². The van der Waals surface area contributed by atoms with Crippen molar-refractivity contribution in [3.8, 4) is 5.75 Å². The van der Waals surface area contributed by atoms with E-state index < -0.39 is 0 Å². The smallest absolute Gasteiger partial charge is 0.121 e. The van der Waals surface area contributed by atoms with Crippen molar-refractivity contribution in [1.29, 1.82) is 0 Å². The van der Waals surface area contributed by atoms with Gasteiger partial charge in [0.25, 0.3) is 0 Å². The highest BCUT2D eigenvalue weighted by Crippen LogP contribution is 2.28. The lowest BCUT2D eigenvalue weighted by Crippen LogP contribution is -2.43. The molecule has 0 unspecified atom stereocenters. The first kappa shape index (κ1) is 15.9. The van der Waals surface area contributed by atoms with Gasteiger partial charge in [0, 0.05) is 25.2 Å². The summed E-state index contributed by atoms with van der Waals surface area (Å²) < 4.78 is 6.02. The minimum atomic E-state index is 0.290. The Hall–Kier alpha value is -0.440. The fourth-order valence-corrected chi connectivity index (χ4v) is 3.19. The molecule has 0 amide bonds. The van der Waals surface area contributed by atoms with Gasteiger partial charge >= 0.3 is 0 Å². The van der Waals surface area contributed by atoms with Crippen LogP contribution in [0.4, 0.5) is 0 Å². The van der Waals surface area contributed by atoms with Crippen LogP contribution in [0, 0.1) is 0 Å². The number of ether oxygens (including phenoxy) is 1. The van der Waals surface area contributed by atoms with E-state index in [0.29, 0.717) is 10.0 Å². The van der Waals surface area contributed by atoms with E-state index in [2.05, 4.69) is 18.7 Å². The normalized spacial score (nSPS) is 17.6. The number of piperidine rings is 1. The van der Waals surface area contributed by atoms with Gasteiger partial charge in [-0.3, -0.25) is 0 Å². The highest BCUT2D eigenvalue weighted by Gasteiger charge is 2.24. The van der Waals surface area contributed by atoms with Crippen LogP contribution in [-0.4, -0.2) is 30.1 Å². The van der Waals surface area contributed by atoms with Crippen molar-refractivity contribution in [2.45, 2.75) is 51.7 Å². The van der Waals surface area contributed by atoms with Crippen molar-refractivity contribution < 1.29 is 4.74 Å². The number of halogens is 2. The van der Waals surface area contributed by atoms with E-state index in [0.717, 1.165) is 37.7 Å². The maximum atomic E-state index is 6.02. The molecular weight excluding hydrogens is 293 g/mol. The van der Waals surface area contributed by atoms with Crippen LogP contribution in [0.5, 0.6) is 5.75 Å². The van der Waals surface area contributed by atoms with Crippen LogP contribution in [0.3, 0.4) is 0 Å². The van der Waals surface area contributed by atoms with E-state index >= 15 is 0 Å². The summed E-state index contributed by atoms with van der Waals surface area (Å²) in [5.74, 6) is 0.820. The summed E-state index contributed by atoms with van der Waals surface area (Å²) in [5, 5.41) is 1.13. The summed E-state index contributed by atoms with van der Waals surface area (Å²) in [4.78, 5) is 2.59. The third-order valence-electron chi connectivity index (χ3n) is 4.13. The molecule has 0 radical (unpaired) electrons. The van der Waals surface area contributed by atoms with Crippen molar-refractivity contribution in [3.63, 3.8) is 0 Å². The molecule has 1 aliphatic rings. The van der Waals surface area contributed by atoms with Crippen molar-refractivity contribution in [1.82, 2.24) is 4.90 Å². The van der Waals surface area contributed by atoms with E-state index in [1.54, 1.807) is 12.1 Å². The number of rotatable bonds is 5. The molecule has 1 heterocycles. The van der Waals surface area contributed by atoms with E-state index in [4.69, 9.17) is 27.9 Å². The molecule has 1 aliphatic heterocycles. The van der Waals surface area contributed by atoms with Crippen molar-refractivity contribution in [3.05, 3.63) is 28.2 Å². The van der Waals surface area contributed by atoms with Crippen LogP contribution in [0.2, 0.25) is 10.0 Å². The molecule has 1 aromatic rings. The Morgan fingerprint density at radius 3 is 2.35 bits per heavy atom. The maximum absolute atomic E-state index is 6.02. The monoisotopic (exact) mass is 315 g/mol. The number of benzene rings is 1. The average molecular weight is 316 g/mol. The molecule has 0 aromatic heterocycles. The van der Waals surface area contributed by atoms with Gasteiger partial charge in [-0.15, -0.1) is 0 Å². The molecule has 0 bridgehead atoms. The lowest BCUT2D eigenvalue weighted by Gasteiger charge is -2.37. The van der Waals surface area contributed by atoms with Crippen molar-refractivity contribution >= 4 is 23.2 Å². The quantitative estimate of drug-likeness (QED) is 0.756. The molecule has 0 spiro atoms. The second-order valence-electron chi connectivity index (χ2n) is 5.40. The summed E-state index contributed by atoms with van der Waals surface area (Å²) in [6, 6.07) is 6.21. The van der Waals surface area contributed by atoms with E-state index in [1.807, 2.05) is 6.07 Å². The van der Waals surface area contributed by atoms with Crippen LogP contribution in [0.15, 0.2) is 18.2 Å². The molecule has 0 N–H and O–H groups in total. The zero-order valence-electron chi connectivity index (χ0n) is 12.2. The largest absolute Gasteiger partial charge is 0.490 e. The SMILES string of the molecule is CCC(CC)N1CCC(Oc2ccc(Cl)c(Cl)c2)CC1. The molecular formula is C16H23Cl2NO. The molecule has 1 saturated heterocycles. The van der Waals surface area contributed by atoms with Gasteiger partial charge in [0.1, 0.15) is 11.9 Å². The molecule has 1 aromatic carbocycles. The summed E-state index contributed by atoms with van der Waals surface area (Å²) in [5.41, 5.74) is 0. The predicted octanol–water partition coefficient (Wildman–Crippen LogP) is 5.03. The second kappa shape index (κ2) is 7.53. The Kier molecular flexibility index (Phi) is 6.01. The Morgan fingerprint density at radius 1 is 1.15 bits per heavy atom. The van der Waals surface area contributed by atoms with Crippen LogP contribution in [0.1, 0.15) is 39.5 Å². The highest BCUT2D eigenvalue weighted by atomic mass is 35.5. The van der Waals surface area contributed by atoms with E-state index in [-0.39, 0.29) is 6.10 Å². The zero-order valence-corrected chi connectivity index (χ0v) is 13.8. The summed E-state index contributed by atoms with van der Waals surface area (Å²) in [7, 11) is 0. The standard InChI is InChI=1S/C16H23Cl2NO/c1-3-12(4-2)19-9-7-13(8-10-19)20-14-5-6-15(17)16(18)11-14/h5-6,11-13H,3-4,7-10H2,1-2H3. The number of nitrogens with zero attached hydrogens (tertiary/aromatic N) is 1. The van der Waals surface area contributed by atoms with Crippen LogP contribution >= 0.6 is 23.2 Å². The number of hydrogen-bond donors (Lipinski definition) is 0. The summed E-state index contributed by atoms with van der Waals surface area (Å²) in [6.45, 7) is 6.79. The molecule has 0 saturated carbocycles. The number of hydrogen-bond acceptors (Lipinski definition) is 2. The molecule has 4 heteroatoms. The lowest BCUT2D eigenvalue weighted by molar-refractivity contribution is 0.0726. The van der Waals surface area contributed by atoms with Gasteiger partial charge in [-0.1, -0.05) is 37.0 Å². The number of likely N-dealkylation sites (tertiary alicyclic amines) is 1. The minimum Gasteiger partial charge on any atom is -0.490 e. The minimum absolute atomic E-state index is 0.290. The maximum Gasteiger partial charge on any atom is 0.121 e. The molecule has 0 aliphatic carbocycles. The van der Waals surface area contributed by atoms with Crippen LogP contribution in [-0.2, 0) is 0 Å². The first-order valence-corrected chi connectivity index (χ1v) is 8.25. The zero-order chi connectivity index (χ0) is 14.5. The Bertz CT molecular complexity index is 426. The Balaban J connectivity index is 1.86. The summed E-state index contributed by atoms with van der Waals surface area (Å²) >= 11 is 11.9.